The first-order chi connectivity index (χ1) is 15.8. The summed E-state index contributed by atoms with van der Waals surface area (Å²) in [6, 6.07) is 0. The molecule has 0 fully saturated rings. The van der Waals surface area contributed by atoms with Gasteiger partial charge in [-0.15, -0.1) is 0 Å². The summed E-state index contributed by atoms with van der Waals surface area (Å²) in [5.74, 6) is -0.260. The quantitative estimate of drug-likeness (QED) is 0.0659. The summed E-state index contributed by atoms with van der Waals surface area (Å²) in [7, 11) is 0. The Morgan fingerprint density at radius 1 is 0.406 bits per heavy atom. The summed E-state index contributed by atoms with van der Waals surface area (Å²) in [5.41, 5.74) is 1.69. The predicted molar refractivity (Wildman–Crippen MR) is 137 cm³/mol. The van der Waals surface area contributed by atoms with Crippen molar-refractivity contribution in [2.24, 2.45) is 0 Å². The van der Waals surface area contributed by atoms with Crippen LogP contribution in [0.1, 0.15) is 167 Å². The molecule has 1 amide bonds. The molecule has 0 aromatic heterocycles. The summed E-state index contributed by atoms with van der Waals surface area (Å²) in [6.07, 6.45) is 33.8. The molecule has 0 aromatic carbocycles. The Morgan fingerprint density at radius 3 is 0.844 bits per heavy atom. The lowest BCUT2D eigenvalue weighted by atomic mass is 10.0. The van der Waals surface area contributed by atoms with E-state index in [2.05, 4.69) is 0 Å². The van der Waals surface area contributed by atoms with Gasteiger partial charge in [0.15, 0.2) is 0 Å². The third-order valence-corrected chi connectivity index (χ3v) is 6.69. The molecule has 0 aliphatic carbocycles. The lowest BCUT2D eigenvalue weighted by Gasteiger charge is -2.04. The SMILES string of the molecule is O=C(CCCCCCCCCCCCCCCCCCCCCCCCCCCO)NO. The number of carbonyl (C=O) groups excluding carboxylic acids is 1. The van der Waals surface area contributed by atoms with Crippen LogP contribution in [0.5, 0.6) is 0 Å². The van der Waals surface area contributed by atoms with E-state index in [0.717, 1.165) is 19.3 Å². The highest BCUT2D eigenvalue weighted by Crippen LogP contribution is 2.15. The van der Waals surface area contributed by atoms with Crippen LogP contribution in [0.4, 0.5) is 0 Å². The summed E-state index contributed by atoms with van der Waals surface area (Å²) < 4.78 is 0. The number of unbranched alkanes of at least 4 members (excludes halogenated alkanes) is 24. The Hall–Kier alpha value is -0.610. The fraction of sp³-hybridized carbons (Fsp3) is 0.964. The third-order valence-electron chi connectivity index (χ3n) is 6.69. The van der Waals surface area contributed by atoms with Crippen molar-refractivity contribution in [3.8, 4) is 0 Å². The zero-order chi connectivity index (χ0) is 23.4. The molecule has 0 rings (SSSR count). The number of nitrogens with one attached hydrogen (secondary N) is 1. The van der Waals surface area contributed by atoms with Gasteiger partial charge in [0.05, 0.1) is 0 Å². The molecule has 0 atom stereocenters. The fourth-order valence-corrected chi connectivity index (χ4v) is 4.52. The van der Waals surface area contributed by atoms with Crippen LogP contribution < -0.4 is 5.48 Å². The number of rotatable bonds is 27. The first-order valence-corrected chi connectivity index (χ1v) is 14.3. The zero-order valence-corrected chi connectivity index (χ0v) is 21.4. The second kappa shape index (κ2) is 28.4. The van der Waals surface area contributed by atoms with Gasteiger partial charge in [-0.25, -0.2) is 5.48 Å². The van der Waals surface area contributed by atoms with Crippen molar-refractivity contribution in [2.75, 3.05) is 6.61 Å². The molecule has 0 saturated carbocycles. The standard InChI is InChI=1S/C28H57NO3/c30-27-25-23-21-19-17-15-13-11-9-7-5-3-1-2-4-6-8-10-12-14-16-18-20-22-24-26-28(31)29-32/h30,32H,1-27H2,(H,29,31). The van der Waals surface area contributed by atoms with Crippen LogP contribution in [0, 0.1) is 0 Å². The molecule has 0 unspecified atom stereocenters. The number of hydroxylamine groups is 1. The largest absolute Gasteiger partial charge is 0.396 e. The monoisotopic (exact) mass is 455 g/mol. The minimum Gasteiger partial charge on any atom is -0.396 e. The van der Waals surface area contributed by atoms with Crippen molar-refractivity contribution < 1.29 is 15.1 Å². The van der Waals surface area contributed by atoms with Crippen LogP contribution >= 0.6 is 0 Å². The van der Waals surface area contributed by atoms with Gasteiger partial charge in [0.1, 0.15) is 0 Å². The average Bonchev–Trinajstić information content (AvgIpc) is 2.81. The van der Waals surface area contributed by atoms with Crippen molar-refractivity contribution in [1.29, 1.82) is 0 Å². The lowest BCUT2D eigenvalue weighted by molar-refractivity contribution is -0.129. The van der Waals surface area contributed by atoms with Gasteiger partial charge in [-0.05, 0) is 12.8 Å². The molecule has 0 spiro atoms. The number of hydrogen-bond donors (Lipinski definition) is 3. The van der Waals surface area contributed by atoms with Gasteiger partial charge in [0.2, 0.25) is 5.91 Å². The van der Waals surface area contributed by atoms with Crippen LogP contribution in [0.2, 0.25) is 0 Å². The number of amides is 1. The average molecular weight is 456 g/mol. The van der Waals surface area contributed by atoms with Crippen molar-refractivity contribution in [3.05, 3.63) is 0 Å². The maximum atomic E-state index is 10.9. The smallest absolute Gasteiger partial charge is 0.243 e. The summed E-state index contributed by atoms with van der Waals surface area (Å²) in [4.78, 5) is 10.9. The number of aliphatic hydroxyl groups is 1. The highest BCUT2D eigenvalue weighted by molar-refractivity contribution is 5.74. The highest BCUT2D eigenvalue weighted by Gasteiger charge is 1.99. The molecule has 0 aliphatic rings. The van der Waals surface area contributed by atoms with Gasteiger partial charge < -0.3 is 5.11 Å². The van der Waals surface area contributed by atoms with E-state index in [9.17, 15) is 4.79 Å². The van der Waals surface area contributed by atoms with E-state index in [0.29, 0.717) is 13.0 Å². The topological polar surface area (TPSA) is 69.6 Å². The second-order valence-electron chi connectivity index (χ2n) is 9.85. The van der Waals surface area contributed by atoms with Crippen LogP contribution in [-0.2, 0) is 4.79 Å². The summed E-state index contributed by atoms with van der Waals surface area (Å²) in [6.45, 7) is 0.362. The van der Waals surface area contributed by atoms with Crippen LogP contribution in [0.25, 0.3) is 0 Å². The second-order valence-corrected chi connectivity index (χ2v) is 9.85. The maximum Gasteiger partial charge on any atom is 0.243 e. The van der Waals surface area contributed by atoms with E-state index >= 15 is 0 Å². The molecule has 3 N–H and O–H groups in total. The van der Waals surface area contributed by atoms with Gasteiger partial charge in [0.25, 0.3) is 0 Å². The van der Waals surface area contributed by atoms with Gasteiger partial charge in [-0.3, -0.25) is 10.0 Å². The fourth-order valence-electron chi connectivity index (χ4n) is 4.52. The normalized spacial score (nSPS) is 11.2. The predicted octanol–water partition coefficient (Wildman–Crippen LogP) is 8.63. The van der Waals surface area contributed by atoms with E-state index < -0.39 is 0 Å². The minimum absolute atomic E-state index is 0.260. The number of carbonyl (C=O) groups is 1. The van der Waals surface area contributed by atoms with Crippen LogP contribution in [-0.4, -0.2) is 22.8 Å². The van der Waals surface area contributed by atoms with E-state index in [1.54, 1.807) is 5.48 Å². The molecule has 192 valence electrons. The van der Waals surface area contributed by atoms with Crippen molar-refractivity contribution >= 4 is 5.91 Å². The molecular formula is C28H57NO3. The molecular weight excluding hydrogens is 398 g/mol. The highest BCUT2D eigenvalue weighted by atomic mass is 16.5. The number of hydrogen-bond acceptors (Lipinski definition) is 3. The maximum absolute atomic E-state index is 10.9. The molecule has 0 bridgehead atoms. The van der Waals surface area contributed by atoms with E-state index in [1.807, 2.05) is 0 Å². The summed E-state index contributed by atoms with van der Waals surface area (Å²) >= 11 is 0. The molecule has 0 heterocycles. The Labute approximate surface area is 200 Å². The Morgan fingerprint density at radius 2 is 0.625 bits per heavy atom. The molecule has 4 heteroatoms. The number of aliphatic hydroxyl groups excluding tert-OH is 1. The van der Waals surface area contributed by atoms with Gasteiger partial charge in [-0.2, -0.15) is 0 Å². The Kier molecular flexibility index (Phi) is 27.9. The molecule has 0 saturated heterocycles. The van der Waals surface area contributed by atoms with Crippen LogP contribution in [0.15, 0.2) is 0 Å². The molecule has 0 aliphatic heterocycles. The van der Waals surface area contributed by atoms with Crippen molar-refractivity contribution in [2.45, 2.75) is 167 Å². The lowest BCUT2D eigenvalue weighted by Crippen LogP contribution is -2.17. The zero-order valence-electron chi connectivity index (χ0n) is 21.4. The molecule has 0 radical (unpaired) electrons. The first-order valence-electron chi connectivity index (χ1n) is 14.3. The third kappa shape index (κ3) is 27.4. The molecule has 4 nitrogen and oxygen atoms in total. The van der Waals surface area contributed by atoms with Crippen LogP contribution in [0.3, 0.4) is 0 Å². The Bertz CT molecular complexity index is 363. The van der Waals surface area contributed by atoms with Crippen molar-refractivity contribution in [1.82, 2.24) is 5.48 Å². The molecule has 32 heavy (non-hydrogen) atoms. The van der Waals surface area contributed by atoms with E-state index in [4.69, 9.17) is 10.3 Å². The van der Waals surface area contributed by atoms with E-state index in [1.165, 1.54) is 141 Å². The van der Waals surface area contributed by atoms with Gasteiger partial charge in [0, 0.05) is 13.0 Å². The minimum atomic E-state index is -0.260. The summed E-state index contributed by atoms with van der Waals surface area (Å²) in [5, 5.41) is 17.2. The van der Waals surface area contributed by atoms with Gasteiger partial charge >= 0.3 is 0 Å². The van der Waals surface area contributed by atoms with Crippen molar-refractivity contribution in [3.63, 3.8) is 0 Å². The first kappa shape index (κ1) is 31.4. The van der Waals surface area contributed by atoms with Gasteiger partial charge in [-0.1, -0.05) is 148 Å². The molecule has 0 aromatic rings. The Balaban J connectivity index is 3.02. The van der Waals surface area contributed by atoms with E-state index in [-0.39, 0.29) is 5.91 Å².